The quantitative estimate of drug-likeness (QED) is 0.0598. The van der Waals surface area contributed by atoms with E-state index in [-0.39, 0.29) is 42.9 Å². The normalized spacial score (nSPS) is 13.6. The fraction of sp³-hybridized carbons (Fsp3) is 1.00. The fourth-order valence-corrected chi connectivity index (χ4v) is 7.22. The molecule has 0 saturated heterocycles. The first kappa shape index (κ1) is 136. The summed E-state index contributed by atoms with van der Waals surface area (Å²) in [5.74, 6) is -7.35. The van der Waals surface area contributed by atoms with Crippen molar-refractivity contribution in [2.24, 2.45) is 80.8 Å². The Balaban J connectivity index is -0.0000000981. The van der Waals surface area contributed by atoms with Crippen LogP contribution in [-0.4, -0.2) is 61.8 Å². The lowest BCUT2D eigenvalue weighted by Crippen LogP contribution is -2.37. The molecule has 696 valence electrons. The molecule has 0 N–H and O–H groups in total. The van der Waals surface area contributed by atoms with Gasteiger partial charge in [0.25, 0.3) is 0 Å². The lowest BCUT2D eigenvalue weighted by atomic mass is 9.81. The van der Waals surface area contributed by atoms with Crippen molar-refractivity contribution in [2.75, 3.05) is 0 Å². The summed E-state index contributed by atoms with van der Waals surface area (Å²) in [6.45, 7) is 59.2. The molecule has 0 aromatic rings. The Kier molecular flexibility index (Phi) is 80.9. The lowest BCUT2D eigenvalue weighted by Gasteiger charge is -2.31. The maximum Gasteiger partial charge on any atom is 0.400 e. The van der Waals surface area contributed by atoms with E-state index < -0.39 is 128 Å². The second-order valence-corrected chi connectivity index (χ2v) is 33.5. The minimum Gasteiger partial charge on any atom is -0.171 e. The number of hydrogen-bond acceptors (Lipinski definition) is 0. The first-order valence-electron chi connectivity index (χ1n) is 40.0. The van der Waals surface area contributed by atoms with Crippen LogP contribution < -0.4 is 0 Å². The van der Waals surface area contributed by atoms with E-state index in [1.165, 1.54) is 93.4 Å². The van der Waals surface area contributed by atoms with Crippen molar-refractivity contribution >= 4 is 0 Å². The van der Waals surface area contributed by atoms with Crippen molar-refractivity contribution in [3.63, 3.8) is 0 Å². The SMILES string of the molecule is CC(C)C(C)(C)C(F)(F)F.CC(C)CC(C(F)(F)F)C(F)(F)F.CCC(C)(C)C.CCC(C)(C)C.CCC(C)CC.CCC(CC)CC(F)(F)F.CCCC(C)(C)C(F)(F)F.CCCCC(C(F)(F)F)C(F)(F)F.CCCCC(C)C.CCCCCCC(F)(F)F.CCCC[C@H](C)CC(F)(F)F.CC[C@H](C)C(C)C(F)(F)F. The van der Waals surface area contributed by atoms with Crippen molar-refractivity contribution in [1.29, 1.82) is 0 Å². The summed E-state index contributed by atoms with van der Waals surface area (Å²) >= 11 is 0. The minimum absolute atomic E-state index is 0.0658. The minimum atomic E-state index is -5.19. The van der Waals surface area contributed by atoms with Gasteiger partial charge in [-0.15, -0.1) is 0 Å². The van der Waals surface area contributed by atoms with Gasteiger partial charge < -0.3 is 0 Å². The smallest absolute Gasteiger partial charge is 0.171 e. The first-order valence-corrected chi connectivity index (χ1v) is 40.0. The van der Waals surface area contributed by atoms with Gasteiger partial charge in [-0.3, -0.25) is 0 Å². The third-order valence-corrected chi connectivity index (χ3v) is 18.2. The number of halogens is 30. The van der Waals surface area contributed by atoms with Gasteiger partial charge in [0, 0.05) is 19.3 Å². The monoisotopic (exact) mass is 1710 g/mol. The van der Waals surface area contributed by atoms with Crippen LogP contribution in [0.1, 0.15) is 389 Å². The average Bonchev–Trinajstić information content (AvgIpc) is 0.847. The van der Waals surface area contributed by atoms with Crippen LogP contribution >= 0.6 is 0 Å². The molecule has 0 fully saturated rings. The molecule has 1 unspecified atom stereocenters. The van der Waals surface area contributed by atoms with Crippen molar-refractivity contribution in [1.82, 2.24) is 0 Å². The Morgan fingerprint density at radius 2 is 0.589 bits per heavy atom. The molecule has 0 heterocycles. The topological polar surface area (TPSA) is 0 Å². The van der Waals surface area contributed by atoms with E-state index in [4.69, 9.17) is 0 Å². The van der Waals surface area contributed by atoms with Gasteiger partial charge in [-0.25, -0.2) is 0 Å². The van der Waals surface area contributed by atoms with E-state index in [9.17, 15) is 132 Å². The van der Waals surface area contributed by atoms with E-state index in [1.807, 2.05) is 13.8 Å². The summed E-state index contributed by atoms with van der Waals surface area (Å²) in [4.78, 5) is 0. The Hall–Kier alpha value is -2.10. The van der Waals surface area contributed by atoms with Crippen LogP contribution in [0, 0.1) is 80.8 Å². The number of unbranched alkanes of at least 4 members (excludes halogenated alkanes) is 6. The number of hydrogen-bond donors (Lipinski definition) is 0. The van der Waals surface area contributed by atoms with Crippen molar-refractivity contribution in [3.05, 3.63) is 0 Å². The molecule has 0 aliphatic rings. The van der Waals surface area contributed by atoms with Crippen LogP contribution in [0.2, 0.25) is 0 Å². The molecule has 3 atom stereocenters. The number of alkyl halides is 30. The van der Waals surface area contributed by atoms with Gasteiger partial charge in [0.05, 0.1) is 16.7 Å². The molecular weight excluding hydrogens is 1550 g/mol. The van der Waals surface area contributed by atoms with Crippen LogP contribution in [-0.2, 0) is 0 Å². The third-order valence-electron chi connectivity index (χ3n) is 18.2. The summed E-state index contributed by atoms with van der Waals surface area (Å²) in [5.41, 5.74) is -1.99. The molecule has 112 heavy (non-hydrogen) atoms. The van der Waals surface area contributed by atoms with Gasteiger partial charge in [0.15, 0.2) is 11.8 Å². The zero-order valence-electron chi connectivity index (χ0n) is 74.5. The van der Waals surface area contributed by atoms with Crippen molar-refractivity contribution < 1.29 is 132 Å². The van der Waals surface area contributed by atoms with E-state index in [0.717, 1.165) is 37.5 Å². The highest BCUT2D eigenvalue weighted by atomic mass is 19.5. The maximum atomic E-state index is 12.1. The van der Waals surface area contributed by atoms with Gasteiger partial charge in [-0.05, 0) is 77.9 Å². The third kappa shape index (κ3) is 104. The molecule has 0 spiro atoms. The van der Waals surface area contributed by atoms with E-state index in [0.29, 0.717) is 55.8 Å². The molecule has 0 aliphatic heterocycles. The molecule has 0 bridgehead atoms. The van der Waals surface area contributed by atoms with Crippen LogP contribution in [0.25, 0.3) is 0 Å². The Morgan fingerprint density at radius 3 is 0.732 bits per heavy atom. The summed E-state index contributed by atoms with van der Waals surface area (Å²) in [7, 11) is 0. The highest BCUT2D eigenvalue weighted by Crippen LogP contribution is 2.46. The standard InChI is InChI=1S/C8H15F3.2C7H10F6.5C7H13F3.C7H16.3C6H14/c1-3-4-5-7(2)6-8(9,10)11;1-4(2)3-5(6(8,9)10)7(11,12)13;1-2-3-4-5(6(8,9)10)7(11,12)13;1-5(2)6(3,4)7(8,9)10;1-4-5-6(2,3)7(8,9)10;1-4-5(2)6(3)7(8,9)10;1-3-6(4-2)5-7(8,9)10;1-2-3-4-5-6-7(8,9)10;1-4-5-6-7(2)3;2*1-5-6(2,3)4;1-4-6(3)5-2/h7H,3-6H2,1-2H3;4-5H,3H2,1-2H3;5H,2-4H2,1H3;5H,1-4H3;4-5H2,1-3H3;5-6H,4H2,1-3H3;6H,3-5H2,1-2H3;2-6H2,1H3;7H,4-6H2,1-3H3;2*5H2,1-4H3;6H,4-5H2,1-3H3/t7-;;;;;5-,6?;;;;;;/m0....0....../s1. The molecule has 0 aromatic carbocycles. The van der Waals surface area contributed by atoms with E-state index >= 15 is 0 Å². The highest BCUT2D eigenvalue weighted by molar-refractivity contribution is 4.81. The van der Waals surface area contributed by atoms with Gasteiger partial charge in [-0.2, -0.15) is 132 Å². The summed E-state index contributed by atoms with van der Waals surface area (Å²) in [5, 5.41) is 0. The molecule has 0 aromatic heterocycles. The zero-order valence-corrected chi connectivity index (χ0v) is 74.5. The molecule has 0 aliphatic carbocycles. The highest BCUT2D eigenvalue weighted by Gasteiger charge is 2.57. The fourth-order valence-electron chi connectivity index (χ4n) is 7.22. The molecular formula is C82H158F30. The maximum absolute atomic E-state index is 12.1. The average molecular weight is 1710 g/mol. The molecule has 0 radical (unpaired) electrons. The molecule has 0 rings (SSSR count). The molecule has 0 amide bonds. The molecule has 0 saturated carbocycles. The van der Waals surface area contributed by atoms with Gasteiger partial charge in [-0.1, -0.05) is 344 Å². The Labute approximate surface area is 660 Å². The number of rotatable bonds is 26. The largest absolute Gasteiger partial charge is 0.400 e. The van der Waals surface area contributed by atoms with Crippen LogP contribution in [0.4, 0.5) is 132 Å². The van der Waals surface area contributed by atoms with E-state index in [1.54, 1.807) is 62.3 Å². The van der Waals surface area contributed by atoms with Gasteiger partial charge in [0.2, 0.25) is 0 Å². The van der Waals surface area contributed by atoms with Gasteiger partial charge >= 0.3 is 61.8 Å². The summed E-state index contributed by atoms with van der Waals surface area (Å²) < 4.78 is 355. The van der Waals surface area contributed by atoms with Gasteiger partial charge in [0.1, 0.15) is 0 Å². The van der Waals surface area contributed by atoms with Crippen LogP contribution in [0.5, 0.6) is 0 Å². The molecule has 0 nitrogen and oxygen atoms in total. The Morgan fingerprint density at radius 1 is 0.268 bits per heavy atom. The van der Waals surface area contributed by atoms with Crippen molar-refractivity contribution in [3.8, 4) is 0 Å². The molecule has 30 heteroatoms. The Bertz CT molecular complexity index is 1910. The van der Waals surface area contributed by atoms with Crippen LogP contribution in [0.3, 0.4) is 0 Å². The predicted octanol–water partition coefficient (Wildman–Crippen LogP) is 38.3. The second kappa shape index (κ2) is 66.7. The first-order chi connectivity index (χ1) is 49.3. The summed E-state index contributed by atoms with van der Waals surface area (Å²) in [6, 6.07) is 0. The second-order valence-electron chi connectivity index (χ2n) is 33.5. The lowest BCUT2D eigenvalue weighted by molar-refractivity contribution is -0.288. The van der Waals surface area contributed by atoms with E-state index in [2.05, 4.69) is 96.9 Å². The predicted molar refractivity (Wildman–Crippen MR) is 407 cm³/mol. The zero-order chi connectivity index (χ0) is 93.2. The van der Waals surface area contributed by atoms with Crippen molar-refractivity contribution in [2.45, 2.75) is 450 Å². The van der Waals surface area contributed by atoms with Crippen LogP contribution in [0.15, 0.2) is 0 Å². The summed E-state index contributed by atoms with van der Waals surface area (Å²) in [6.07, 6.45) is -30.8.